The molecule has 1 amide bonds. The van der Waals surface area contributed by atoms with Crippen molar-refractivity contribution in [3.8, 4) is 0 Å². The quantitative estimate of drug-likeness (QED) is 0.822. The Balaban J connectivity index is 2.95. The largest absolute Gasteiger partial charge is 0.480 e. The molecule has 0 radical (unpaired) electrons. The lowest BCUT2D eigenvalue weighted by molar-refractivity contribution is -0.139. The molecule has 4 nitrogen and oxygen atoms in total. The van der Waals surface area contributed by atoms with E-state index in [2.05, 4.69) is 5.32 Å². The second-order valence-corrected chi connectivity index (χ2v) is 5.15. The molecule has 1 atom stereocenters. The minimum atomic E-state index is -1.23. The van der Waals surface area contributed by atoms with Gasteiger partial charge in [0.25, 0.3) is 5.91 Å². The lowest BCUT2D eigenvalue weighted by atomic mass is 10.0. The number of halogens is 3. The fraction of sp³-hybridized carbons (Fsp3) is 0.385. The number of aliphatic carboxylic acids is 1. The third kappa shape index (κ3) is 4.16. The number of hydrogen-bond acceptors (Lipinski definition) is 2. The number of carbonyl (C=O) groups excluding carboxylic acids is 1. The number of amides is 1. The van der Waals surface area contributed by atoms with Gasteiger partial charge in [-0.05, 0) is 24.5 Å². The van der Waals surface area contributed by atoms with Gasteiger partial charge < -0.3 is 10.4 Å². The Labute approximate surface area is 119 Å². The van der Waals surface area contributed by atoms with E-state index in [4.69, 9.17) is 16.7 Å². The molecule has 7 heteroatoms. The Hall–Kier alpha value is -1.69. The molecule has 110 valence electrons. The van der Waals surface area contributed by atoms with Crippen LogP contribution in [0.2, 0.25) is 5.02 Å². The zero-order chi connectivity index (χ0) is 15.4. The molecule has 0 spiro atoms. The van der Waals surface area contributed by atoms with Gasteiger partial charge in [0.05, 0.1) is 10.6 Å². The van der Waals surface area contributed by atoms with Crippen molar-refractivity contribution in [1.82, 2.24) is 5.32 Å². The van der Waals surface area contributed by atoms with Gasteiger partial charge in [0.2, 0.25) is 0 Å². The molecule has 0 aliphatic rings. The van der Waals surface area contributed by atoms with Crippen LogP contribution >= 0.6 is 11.6 Å². The Morgan fingerprint density at radius 1 is 1.30 bits per heavy atom. The molecule has 0 saturated carbocycles. The highest BCUT2D eigenvalue weighted by molar-refractivity contribution is 6.33. The van der Waals surface area contributed by atoms with Crippen LogP contribution in [-0.4, -0.2) is 23.0 Å². The molecular formula is C13H14ClF2NO3. The maximum atomic E-state index is 13.1. The Kier molecular flexibility index (Phi) is 5.44. The molecule has 2 N–H and O–H groups in total. The van der Waals surface area contributed by atoms with Crippen molar-refractivity contribution in [3.63, 3.8) is 0 Å². The standard InChI is InChI=1S/C13H14ClF2NO3/c1-6(2)3-11(13(19)20)17-12(18)7-4-9(15)10(16)5-8(7)14/h4-6,11H,3H2,1-2H3,(H,17,18)(H,19,20). The average Bonchev–Trinajstić information content (AvgIpc) is 2.32. The molecule has 0 bridgehead atoms. The van der Waals surface area contributed by atoms with Gasteiger partial charge in [-0.25, -0.2) is 13.6 Å². The first kappa shape index (κ1) is 16.4. The molecule has 1 aromatic carbocycles. The van der Waals surface area contributed by atoms with E-state index < -0.39 is 29.6 Å². The summed E-state index contributed by atoms with van der Waals surface area (Å²) >= 11 is 5.65. The minimum Gasteiger partial charge on any atom is -0.480 e. The SMILES string of the molecule is CC(C)CC(NC(=O)c1cc(F)c(F)cc1Cl)C(=O)O. The fourth-order valence-corrected chi connectivity index (χ4v) is 1.86. The van der Waals surface area contributed by atoms with Crippen LogP contribution in [0.4, 0.5) is 8.78 Å². The van der Waals surface area contributed by atoms with Crippen molar-refractivity contribution in [2.24, 2.45) is 5.92 Å². The lowest BCUT2D eigenvalue weighted by Gasteiger charge is -2.17. The topological polar surface area (TPSA) is 66.4 Å². The van der Waals surface area contributed by atoms with Gasteiger partial charge in [0.15, 0.2) is 11.6 Å². The molecule has 20 heavy (non-hydrogen) atoms. The highest BCUT2D eigenvalue weighted by Gasteiger charge is 2.23. The van der Waals surface area contributed by atoms with Crippen LogP contribution in [0.25, 0.3) is 0 Å². The van der Waals surface area contributed by atoms with Crippen LogP contribution in [-0.2, 0) is 4.79 Å². The first-order valence-electron chi connectivity index (χ1n) is 5.90. The summed E-state index contributed by atoms with van der Waals surface area (Å²) in [5.74, 6) is -4.43. The molecule has 0 fully saturated rings. The molecule has 0 heterocycles. The number of carboxylic acids is 1. The van der Waals surface area contributed by atoms with E-state index in [1.807, 2.05) is 0 Å². The third-order valence-corrected chi connectivity index (χ3v) is 2.88. The second-order valence-electron chi connectivity index (χ2n) is 4.74. The predicted octanol–water partition coefficient (Wildman–Crippen LogP) is 2.85. The normalized spacial score (nSPS) is 12.3. The lowest BCUT2D eigenvalue weighted by Crippen LogP contribution is -2.41. The first-order valence-corrected chi connectivity index (χ1v) is 6.28. The van der Waals surface area contributed by atoms with E-state index in [9.17, 15) is 18.4 Å². The van der Waals surface area contributed by atoms with Crippen molar-refractivity contribution < 1.29 is 23.5 Å². The summed E-state index contributed by atoms with van der Waals surface area (Å²) in [4.78, 5) is 22.9. The Morgan fingerprint density at radius 3 is 2.35 bits per heavy atom. The monoisotopic (exact) mass is 305 g/mol. The van der Waals surface area contributed by atoms with Crippen LogP contribution in [0, 0.1) is 17.6 Å². The van der Waals surface area contributed by atoms with Crippen molar-refractivity contribution in [2.75, 3.05) is 0 Å². The Morgan fingerprint density at radius 2 is 1.85 bits per heavy atom. The van der Waals surface area contributed by atoms with Gasteiger partial charge in [-0.2, -0.15) is 0 Å². The maximum Gasteiger partial charge on any atom is 0.326 e. The van der Waals surface area contributed by atoms with Crippen LogP contribution in [0.15, 0.2) is 12.1 Å². The van der Waals surface area contributed by atoms with Crippen molar-refractivity contribution in [3.05, 3.63) is 34.4 Å². The summed E-state index contributed by atoms with van der Waals surface area (Å²) in [5, 5.41) is 11.0. The molecule has 1 unspecified atom stereocenters. The smallest absolute Gasteiger partial charge is 0.326 e. The third-order valence-electron chi connectivity index (χ3n) is 2.57. The van der Waals surface area contributed by atoms with Gasteiger partial charge >= 0.3 is 5.97 Å². The zero-order valence-electron chi connectivity index (χ0n) is 10.9. The summed E-state index contributed by atoms with van der Waals surface area (Å²) in [7, 11) is 0. The maximum absolute atomic E-state index is 13.1. The van der Waals surface area contributed by atoms with E-state index >= 15 is 0 Å². The van der Waals surface area contributed by atoms with Gasteiger partial charge in [-0.1, -0.05) is 25.4 Å². The summed E-state index contributed by atoms with van der Waals surface area (Å²) in [6.45, 7) is 3.60. The van der Waals surface area contributed by atoms with Crippen LogP contribution in [0.1, 0.15) is 30.6 Å². The number of hydrogen-bond donors (Lipinski definition) is 2. The van der Waals surface area contributed by atoms with Gasteiger partial charge in [0, 0.05) is 0 Å². The number of benzene rings is 1. The van der Waals surface area contributed by atoms with Gasteiger partial charge in [0.1, 0.15) is 6.04 Å². The highest BCUT2D eigenvalue weighted by Crippen LogP contribution is 2.20. The van der Waals surface area contributed by atoms with Crippen molar-refractivity contribution in [2.45, 2.75) is 26.3 Å². The predicted molar refractivity (Wildman–Crippen MR) is 69.7 cm³/mol. The Bertz CT molecular complexity index is 535. The summed E-state index contributed by atoms with van der Waals surface area (Å²) in [6, 6.07) is 0.192. The fourth-order valence-electron chi connectivity index (χ4n) is 1.63. The zero-order valence-corrected chi connectivity index (χ0v) is 11.7. The van der Waals surface area contributed by atoms with Crippen LogP contribution in [0.5, 0.6) is 0 Å². The van der Waals surface area contributed by atoms with Crippen LogP contribution in [0.3, 0.4) is 0 Å². The summed E-state index contributed by atoms with van der Waals surface area (Å²) in [6.07, 6.45) is 0.211. The molecule has 0 saturated heterocycles. The van der Waals surface area contributed by atoms with Gasteiger partial charge in [-0.3, -0.25) is 4.79 Å². The number of carbonyl (C=O) groups is 2. The molecule has 0 aliphatic carbocycles. The van der Waals surface area contributed by atoms with E-state index in [0.29, 0.717) is 12.1 Å². The molecule has 1 rings (SSSR count). The second kappa shape index (κ2) is 6.65. The van der Waals surface area contributed by atoms with E-state index in [-0.39, 0.29) is 22.9 Å². The number of rotatable bonds is 5. The van der Waals surface area contributed by atoms with Crippen molar-refractivity contribution >= 4 is 23.5 Å². The van der Waals surface area contributed by atoms with Crippen molar-refractivity contribution in [1.29, 1.82) is 0 Å². The van der Waals surface area contributed by atoms with E-state index in [1.54, 1.807) is 13.8 Å². The molecule has 1 aromatic rings. The first-order chi connectivity index (χ1) is 9.22. The van der Waals surface area contributed by atoms with Crippen LogP contribution < -0.4 is 5.32 Å². The molecule has 0 aromatic heterocycles. The highest BCUT2D eigenvalue weighted by atomic mass is 35.5. The minimum absolute atomic E-state index is 0.0387. The summed E-state index contributed by atoms with van der Waals surface area (Å²) < 4.78 is 26.0. The summed E-state index contributed by atoms with van der Waals surface area (Å²) in [5.41, 5.74) is -0.305. The number of carboxylic acid groups (broad SMARTS) is 1. The number of nitrogens with one attached hydrogen (secondary N) is 1. The van der Waals surface area contributed by atoms with E-state index in [1.165, 1.54) is 0 Å². The van der Waals surface area contributed by atoms with Gasteiger partial charge in [-0.15, -0.1) is 0 Å². The molecular weight excluding hydrogens is 292 g/mol. The molecule has 0 aliphatic heterocycles. The van der Waals surface area contributed by atoms with E-state index in [0.717, 1.165) is 0 Å². The average molecular weight is 306 g/mol.